The lowest BCUT2D eigenvalue weighted by Gasteiger charge is -2.28. The van der Waals surface area contributed by atoms with Crippen LogP contribution in [0.1, 0.15) is 46.0 Å². The second kappa shape index (κ2) is 7.37. The number of aromatic nitrogens is 3. The van der Waals surface area contributed by atoms with Crippen LogP contribution in [-0.4, -0.2) is 43.5 Å². The van der Waals surface area contributed by atoms with Gasteiger partial charge in [0.2, 0.25) is 5.91 Å². The molecule has 2 N–H and O–H groups in total. The first-order chi connectivity index (χ1) is 14.9. The average molecular weight is 419 g/mol. The molecule has 3 aromatic rings. The highest BCUT2D eigenvalue weighted by atomic mass is 16.5. The van der Waals surface area contributed by atoms with Crippen molar-refractivity contribution < 1.29 is 14.1 Å². The Balaban J connectivity index is 1.51. The van der Waals surface area contributed by atoms with Crippen LogP contribution in [0.4, 0.5) is 0 Å². The number of hydrogen-bond donors (Lipinski definition) is 1. The van der Waals surface area contributed by atoms with E-state index in [2.05, 4.69) is 14.7 Å². The standard InChI is InChI=1S/C23H25N5O3/c1-13-18(14(2)31-26-13)11-20(29)28-16-8-9-17(28)12-27-19(10-16)21(22(24)30)25-23(27)15-6-4-3-5-7-15/h3-7,16-17H,8-12H2,1-2H3,(H2,24,30). The lowest BCUT2D eigenvalue weighted by atomic mass is 10.0. The van der Waals surface area contributed by atoms with Crippen LogP contribution in [-0.2, 0) is 24.2 Å². The summed E-state index contributed by atoms with van der Waals surface area (Å²) in [5.74, 6) is 0.959. The number of imidazole rings is 1. The molecule has 160 valence electrons. The molecule has 1 saturated heterocycles. The van der Waals surface area contributed by atoms with E-state index in [-0.39, 0.29) is 24.4 Å². The fourth-order valence-electron chi connectivity index (χ4n) is 5.07. The molecule has 8 heteroatoms. The van der Waals surface area contributed by atoms with Crippen molar-refractivity contribution in [2.24, 2.45) is 5.73 Å². The van der Waals surface area contributed by atoms with Gasteiger partial charge in [0.15, 0.2) is 0 Å². The first-order valence-electron chi connectivity index (χ1n) is 10.6. The van der Waals surface area contributed by atoms with Gasteiger partial charge in [-0.05, 0) is 26.7 Å². The summed E-state index contributed by atoms with van der Waals surface area (Å²) in [6, 6.07) is 9.87. The monoisotopic (exact) mass is 419 g/mol. The molecule has 8 nitrogen and oxygen atoms in total. The van der Waals surface area contributed by atoms with Crippen molar-refractivity contribution in [3.8, 4) is 11.4 Å². The summed E-state index contributed by atoms with van der Waals surface area (Å²) in [5, 5.41) is 3.98. The fourth-order valence-corrected chi connectivity index (χ4v) is 5.07. The van der Waals surface area contributed by atoms with Crippen molar-refractivity contribution in [1.82, 2.24) is 19.6 Å². The SMILES string of the molecule is Cc1noc(C)c1CC(=O)N1C2CCC1Cn1c(-c3ccccc3)nc(C(N)=O)c1C2. The number of aryl methyl sites for hydroxylation is 2. The Morgan fingerprint density at radius 1 is 1.16 bits per heavy atom. The van der Waals surface area contributed by atoms with Crippen molar-refractivity contribution in [2.75, 3.05) is 0 Å². The highest BCUT2D eigenvalue weighted by Crippen LogP contribution is 2.36. The first kappa shape index (κ1) is 19.5. The number of carbonyl (C=O) groups excluding carboxylic acids is 2. The van der Waals surface area contributed by atoms with E-state index in [4.69, 9.17) is 10.3 Å². The average Bonchev–Trinajstić information content (AvgIpc) is 3.37. The zero-order valence-electron chi connectivity index (χ0n) is 17.7. The lowest BCUT2D eigenvalue weighted by Crippen LogP contribution is -2.43. The van der Waals surface area contributed by atoms with Gasteiger partial charge in [-0.1, -0.05) is 35.5 Å². The van der Waals surface area contributed by atoms with Crippen molar-refractivity contribution >= 4 is 11.8 Å². The van der Waals surface area contributed by atoms with Crippen LogP contribution in [0.25, 0.3) is 11.4 Å². The number of benzene rings is 1. The molecular formula is C23H25N5O3. The Labute approximate surface area is 180 Å². The summed E-state index contributed by atoms with van der Waals surface area (Å²) in [6.45, 7) is 4.30. The van der Waals surface area contributed by atoms with E-state index < -0.39 is 5.91 Å². The summed E-state index contributed by atoms with van der Waals surface area (Å²) in [6.07, 6.45) is 2.68. The smallest absolute Gasteiger partial charge is 0.269 e. The van der Waals surface area contributed by atoms with E-state index in [0.717, 1.165) is 41.2 Å². The molecule has 31 heavy (non-hydrogen) atoms. The molecule has 2 amide bonds. The number of nitrogens with two attached hydrogens (primary N) is 1. The molecule has 2 aliphatic rings. The molecule has 5 rings (SSSR count). The Kier molecular flexibility index (Phi) is 4.64. The summed E-state index contributed by atoms with van der Waals surface area (Å²) >= 11 is 0. The minimum absolute atomic E-state index is 0.0256. The van der Waals surface area contributed by atoms with Crippen LogP contribution in [0.5, 0.6) is 0 Å². The molecular weight excluding hydrogens is 394 g/mol. The predicted octanol–water partition coefficient (Wildman–Crippen LogP) is 2.41. The van der Waals surface area contributed by atoms with Crippen LogP contribution >= 0.6 is 0 Å². The van der Waals surface area contributed by atoms with Gasteiger partial charge in [0.05, 0.1) is 23.9 Å². The van der Waals surface area contributed by atoms with E-state index in [9.17, 15) is 9.59 Å². The molecule has 0 radical (unpaired) electrons. The van der Waals surface area contributed by atoms with Gasteiger partial charge in [-0.15, -0.1) is 0 Å². The summed E-state index contributed by atoms with van der Waals surface area (Å²) < 4.78 is 7.33. The Hall–Kier alpha value is -3.42. The molecule has 1 aromatic carbocycles. The van der Waals surface area contributed by atoms with Gasteiger partial charge >= 0.3 is 0 Å². The van der Waals surface area contributed by atoms with Crippen molar-refractivity contribution in [3.63, 3.8) is 0 Å². The molecule has 2 atom stereocenters. The highest BCUT2D eigenvalue weighted by Gasteiger charge is 2.42. The number of fused-ring (bicyclic) bond motifs is 3. The van der Waals surface area contributed by atoms with Gasteiger partial charge in [0.1, 0.15) is 17.3 Å². The Bertz CT molecular complexity index is 1140. The van der Waals surface area contributed by atoms with Crippen molar-refractivity contribution in [1.29, 1.82) is 0 Å². The van der Waals surface area contributed by atoms with Gasteiger partial charge in [0, 0.05) is 30.1 Å². The highest BCUT2D eigenvalue weighted by molar-refractivity contribution is 5.93. The number of hydrogen-bond acceptors (Lipinski definition) is 5. The molecule has 0 saturated carbocycles. The number of rotatable bonds is 4. The molecule has 0 spiro atoms. The van der Waals surface area contributed by atoms with E-state index in [1.807, 2.05) is 49.1 Å². The third-order valence-electron chi connectivity index (χ3n) is 6.58. The maximum atomic E-state index is 13.4. The van der Waals surface area contributed by atoms with Gasteiger partial charge in [-0.2, -0.15) is 0 Å². The zero-order chi connectivity index (χ0) is 21.7. The van der Waals surface area contributed by atoms with Gasteiger partial charge in [-0.25, -0.2) is 4.98 Å². The molecule has 2 bridgehead atoms. The minimum Gasteiger partial charge on any atom is -0.364 e. The third-order valence-corrected chi connectivity index (χ3v) is 6.58. The number of amides is 2. The van der Waals surface area contributed by atoms with Crippen LogP contribution in [0.3, 0.4) is 0 Å². The maximum absolute atomic E-state index is 13.4. The Morgan fingerprint density at radius 2 is 1.90 bits per heavy atom. The molecule has 4 heterocycles. The molecule has 2 aromatic heterocycles. The predicted molar refractivity (Wildman–Crippen MR) is 113 cm³/mol. The number of carbonyl (C=O) groups is 2. The maximum Gasteiger partial charge on any atom is 0.269 e. The molecule has 2 unspecified atom stereocenters. The van der Waals surface area contributed by atoms with E-state index in [0.29, 0.717) is 24.4 Å². The van der Waals surface area contributed by atoms with Gasteiger partial charge in [0.25, 0.3) is 5.91 Å². The Morgan fingerprint density at radius 3 is 2.58 bits per heavy atom. The van der Waals surface area contributed by atoms with Crippen LogP contribution in [0, 0.1) is 13.8 Å². The van der Waals surface area contributed by atoms with Gasteiger partial charge < -0.3 is 19.7 Å². The molecule has 1 fully saturated rings. The van der Waals surface area contributed by atoms with E-state index in [1.54, 1.807) is 0 Å². The van der Waals surface area contributed by atoms with Crippen LogP contribution < -0.4 is 5.73 Å². The minimum atomic E-state index is -0.530. The lowest BCUT2D eigenvalue weighted by molar-refractivity contribution is -0.133. The van der Waals surface area contributed by atoms with Gasteiger partial charge in [-0.3, -0.25) is 9.59 Å². The normalized spacial score (nSPS) is 19.9. The first-order valence-corrected chi connectivity index (χ1v) is 10.6. The summed E-state index contributed by atoms with van der Waals surface area (Å²) in [4.78, 5) is 32.2. The summed E-state index contributed by atoms with van der Waals surface area (Å²) in [5.41, 5.74) is 9.37. The number of nitrogens with zero attached hydrogens (tertiary/aromatic N) is 4. The van der Waals surface area contributed by atoms with Crippen LogP contribution in [0.15, 0.2) is 34.9 Å². The molecule has 0 aliphatic carbocycles. The largest absolute Gasteiger partial charge is 0.364 e. The third kappa shape index (κ3) is 3.22. The quantitative estimate of drug-likeness (QED) is 0.699. The van der Waals surface area contributed by atoms with E-state index >= 15 is 0 Å². The van der Waals surface area contributed by atoms with Crippen molar-refractivity contribution in [2.45, 2.75) is 58.2 Å². The van der Waals surface area contributed by atoms with Crippen LogP contribution in [0.2, 0.25) is 0 Å². The topological polar surface area (TPSA) is 107 Å². The number of primary amides is 1. The second-order valence-electron chi connectivity index (χ2n) is 8.44. The summed E-state index contributed by atoms with van der Waals surface area (Å²) in [7, 11) is 0. The fraction of sp³-hybridized carbons (Fsp3) is 0.391. The van der Waals surface area contributed by atoms with E-state index in [1.165, 1.54) is 0 Å². The molecule has 2 aliphatic heterocycles. The van der Waals surface area contributed by atoms with Crippen molar-refractivity contribution in [3.05, 3.63) is 58.7 Å². The second-order valence-corrected chi connectivity index (χ2v) is 8.44. The zero-order valence-corrected chi connectivity index (χ0v) is 17.7.